The Morgan fingerprint density at radius 2 is 1.45 bits per heavy atom. The number of methoxy groups -OCH3 is 2. The van der Waals surface area contributed by atoms with Gasteiger partial charge in [0.15, 0.2) is 0 Å². The molecule has 0 amide bonds. The second-order valence-electron chi connectivity index (χ2n) is 10.5. The van der Waals surface area contributed by atoms with Crippen molar-refractivity contribution >= 4 is 10.1 Å². The summed E-state index contributed by atoms with van der Waals surface area (Å²) >= 11 is 3.66. The molecule has 0 bridgehead atoms. The molecule has 215 valence electrons. The van der Waals surface area contributed by atoms with Crippen LogP contribution >= 0.6 is 10.1 Å². The van der Waals surface area contributed by atoms with E-state index in [1.807, 2.05) is 31.5 Å². The second kappa shape index (κ2) is 14.6. The number of halogens is 1. The van der Waals surface area contributed by atoms with Gasteiger partial charge in [-0.2, -0.15) is 0 Å². The van der Waals surface area contributed by atoms with Crippen LogP contribution < -0.4 is 0 Å². The van der Waals surface area contributed by atoms with Crippen LogP contribution in [0.1, 0.15) is 63.5 Å². The van der Waals surface area contributed by atoms with Gasteiger partial charge in [-0.3, -0.25) is 4.98 Å². The van der Waals surface area contributed by atoms with Gasteiger partial charge in [0.05, 0.1) is 11.3 Å². The molecule has 1 aromatic heterocycles. The van der Waals surface area contributed by atoms with Gasteiger partial charge in [0, 0.05) is 26.0 Å². The molecule has 0 radical (unpaired) electrons. The van der Waals surface area contributed by atoms with Crippen LogP contribution in [0.2, 0.25) is 0 Å². The van der Waals surface area contributed by atoms with Crippen LogP contribution in [0.25, 0.3) is 21.3 Å². The van der Waals surface area contributed by atoms with E-state index in [1.165, 1.54) is 12.8 Å². The van der Waals surface area contributed by atoms with E-state index in [0.29, 0.717) is 0 Å². The molecule has 0 spiro atoms. The van der Waals surface area contributed by atoms with Crippen molar-refractivity contribution in [2.75, 3.05) is 33.9 Å². The summed E-state index contributed by atoms with van der Waals surface area (Å²) in [5.74, 6) is 0. The van der Waals surface area contributed by atoms with Crippen molar-refractivity contribution in [1.29, 1.82) is 0 Å². The molecule has 5 heterocycles. The van der Waals surface area contributed by atoms with E-state index in [9.17, 15) is 0 Å². The Morgan fingerprint density at radius 3 is 1.92 bits per heavy atom. The number of hydrogen-bond donors (Lipinski definition) is 0. The Balaban J connectivity index is 0.00000164. The van der Waals surface area contributed by atoms with Crippen LogP contribution in [0.5, 0.6) is 0 Å². The van der Waals surface area contributed by atoms with E-state index >= 15 is 0 Å². The average Bonchev–Trinajstić information content (AvgIpc) is 3.02. The fourth-order valence-electron chi connectivity index (χ4n) is 6.80. The van der Waals surface area contributed by atoms with Crippen LogP contribution in [0.15, 0.2) is 48.3 Å². The summed E-state index contributed by atoms with van der Waals surface area (Å²) in [6.45, 7) is 2.62. The van der Waals surface area contributed by atoms with Crippen molar-refractivity contribution in [3.05, 3.63) is 75.3 Å². The van der Waals surface area contributed by atoms with Crippen molar-refractivity contribution < 1.29 is 24.6 Å². The van der Waals surface area contributed by atoms with Gasteiger partial charge in [0.25, 0.3) is 0 Å². The van der Waals surface area contributed by atoms with E-state index in [4.69, 9.17) is 35.7 Å². The molecule has 0 N–H and O–H groups in total. The molecule has 5 unspecified atom stereocenters. The number of nitrogens with zero attached hydrogens (tertiary/aromatic N) is 5. The molecule has 3 saturated heterocycles. The fraction of sp³-hybridized carbons (Fsp3) is 0.690. The molecular weight excluding hydrogens is 549 g/mol. The van der Waals surface area contributed by atoms with Crippen molar-refractivity contribution in [3.63, 3.8) is 0 Å². The summed E-state index contributed by atoms with van der Waals surface area (Å²) in [5.41, 5.74) is 0.307. The zero-order valence-corrected chi connectivity index (χ0v) is 24.3. The molecule has 0 aromatic carbocycles. The standard InChI is InChI=1S/C29H41N5O2.ClH.Cu/c1-35-28(22-12-3-7-18-30-22,23-13-4-8-19-31-23)26-16-11-17-27(34-26)29(36-2,24-14-5-9-20-32-24)25-15-6-10-21-33-25;;/h3,7,11-12,16-18,23-25,27H,4-6,8-10,13-15,19-21H2,1-2H3;1H;/q-4;;+2/p-1. The van der Waals surface area contributed by atoms with Crippen molar-refractivity contribution in [3.8, 4) is 0 Å². The monoisotopic (exact) mass is 589 g/mol. The van der Waals surface area contributed by atoms with Crippen LogP contribution in [0.4, 0.5) is 0 Å². The maximum atomic E-state index is 6.56. The topological polar surface area (TPSA) is 87.8 Å². The number of piperidine rings is 3. The van der Waals surface area contributed by atoms with Crippen LogP contribution in [0.3, 0.4) is 0 Å². The Kier molecular flexibility index (Phi) is 11.5. The van der Waals surface area contributed by atoms with Crippen molar-refractivity contribution in [2.24, 2.45) is 0 Å². The van der Waals surface area contributed by atoms with E-state index in [1.54, 1.807) is 7.11 Å². The number of pyridine rings is 1. The predicted octanol–water partition coefficient (Wildman–Crippen LogP) is 6.97. The molecule has 38 heavy (non-hydrogen) atoms. The van der Waals surface area contributed by atoms with Crippen LogP contribution in [0, 0.1) is 0 Å². The molecule has 4 aliphatic heterocycles. The minimum atomic E-state index is -0.836. The zero-order chi connectivity index (χ0) is 26.8. The average molecular weight is 591 g/mol. The number of aromatic nitrogens is 1. The van der Waals surface area contributed by atoms with Crippen LogP contribution in [-0.2, 0) is 30.2 Å². The predicted molar refractivity (Wildman–Crippen MR) is 150 cm³/mol. The first-order valence-electron chi connectivity index (χ1n) is 14.0. The van der Waals surface area contributed by atoms with Gasteiger partial charge in [-0.25, -0.2) is 0 Å². The van der Waals surface area contributed by atoms with Gasteiger partial charge < -0.3 is 30.7 Å². The third-order valence-corrected chi connectivity index (χ3v) is 8.61. The third-order valence-electron chi connectivity index (χ3n) is 8.61. The Bertz CT molecular complexity index is 883. The molecule has 7 nitrogen and oxygen atoms in total. The zero-order valence-electron chi connectivity index (χ0n) is 22.6. The van der Waals surface area contributed by atoms with Gasteiger partial charge in [0.1, 0.15) is 0 Å². The normalized spacial score (nSPS) is 31.0. The third kappa shape index (κ3) is 5.89. The number of rotatable bonds is 8. The van der Waals surface area contributed by atoms with Crippen LogP contribution in [-0.4, -0.2) is 68.6 Å². The molecular formula is C29H41ClCuN5O2-3. The molecule has 5 atom stereocenters. The summed E-state index contributed by atoms with van der Waals surface area (Å²) in [7, 11) is 7.82. The number of allylic oxidation sites excluding steroid dienone is 2. The van der Waals surface area contributed by atoms with Crippen molar-refractivity contribution in [2.45, 2.75) is 93.2 Å². The van der Waals surface area contributed by atoms with Gasteiger partial charge in [0.2, 0.25) is 0 Å². The summed E-state index contributed by atoms with van der Waals surface area (Å²) in [4.78, 5) is 4.78. The summed E-state index contributed by atoms with van der Waals surface area (Å²) in [6.07, 6.45) is 18.1. The molecule has 9 heteroatoms. The summed E-state index contributed by atoms with van der Waals surface area (Å²) in [6, 6.07) is 5.93. The molecule has 1 aromatic rings. The van der Waals surface area contributed by atoms with Crippen molar-refractivity contribution in [1.82, 2.24) is 4.98 Å². The first-order chi connectivity index (χ1) is 18.8. The fourth-order valence-corrected chi connectivity index (χ4v) is 6.80. The minimum absolute atomic E-state index is 0.0380. The van der Waals surface area contributed by atoms with E-state index in [0.717, 1.165) is 76.0 Å². The second-order valence-corrected chi connectivity index (χ2v) is 10.5. The number of hydrogen-bond acceptors (Lipinski definition) is 3. The molecule has 5 rings (SSSR count). The Labute approximate surface area is 241 Å². The first-order valence-corrected chi connectivity index (χ1v) is 15.3. The number of ether oxygens (including phenoxy) is 2. The van der Waals surface area contributed by atoms with E-state index < -0.39 is 11.2 Å². The molecule has 0 aliphatic carbocycles. The SMILES string of the molecule is COC(C1=CC=CC(C(OC)(C2CCCC[N-]2)C2CCCC[N-]2)[N-]1)(c1ccccn1)C1CCCC[N-]1.[Cl][Cu+]. The van der Waals surface area contributed by atoms with Gasteiger partial charge in [-0.1, -0.05) is 94.2 Å². The Morgan fingerprint density at radius 1 is 0.842 bits per heavy atom. The maximum absolute atomic E-state index is 6.56. The first kappa shape index (κ1) is 30.0. The molecule has 0 saturated carbocycles. The summed E-state index contributed by atoms with van der Waals surface area (Å²) in [5, 5.41) is 20.8. The van der Waals surface area contributed by atoms with E-state index in [-0.39, 0.29) is 24.2 Å². The van der Waals surface area contributed by atoms with Gasteiger partial charge >= 0.3 is 25.2 Å². The molecule has 3 fully saturated rings. The molecule has 4 aliphatic rings. The Hall–Kier alpha value is -0.961. The quantitative estimate of drug-likeness (QED) is 0.307. The van der Waals surface area contributed by atoms with Gasteiger partial charge in [-0.05, 0) is 12.1 Å². The van der Waals surface area contributed by atoms with Gasteiger partial charge in [-0.15, -0.1) is 37.4 Å². The van der Waals surface area contributed by atoms with E-state index in [2.05, 4.69) is 43.4 Å². The summed E-state index contributed by atoms with van der Waals surface area (Å²) < 4.78 is 13.0.